The number of halogens is 3. The van der Waals surface area contributed by atoms with E-state index in [9.17, 15) is 8.78 Å². The van der Waals surface area contributed by atoms with Crippen molar-refractivity contribution < 1.29 is 13.5 Å². The van der Waals surface area contributed by atoms with Gasteiger partial charge in [-0.15, -0.1) is 0 Å². The molecule has 2 aromatic carbocycles. The van der Waals surface area contributed by atoms with Crippen LogP contribution in [0.15, 0.2) is 47.6 Å². The number of aromatic nitrogens is 2. The first-order valence-corrected chi connectivity index (χ1v) is 10.5. The Morgan fingerprint density at radius 1 is 1.06 bits per heavy atom. The minimum absolute atomic E-state index is 0.0372. The average Bonchev–Trinajstić information content (AvgIpc) is 3.23. The van der Waals surface area contributed by atoms with Gasteiger partial charge in [0.15, 0.2) is 5.82 Å². The molecule has 0 amide bonds. The third-order valence-electron chi connectivity index (χ3n) is 5.99. The summed E-state index contributed by atoms with van der Waals surface area (Å²) in [4.78, 5) is 6.75. The normalized spacial score (nSPS) is 21.8. The van der Waals surface area contributed by atoms with Crippen molar-refractivity contribution in [2.75, 3.05) is 23.3 Å². The van der Waals surface area contributed by atoms with Crippen LogP contribution in [-0.4, -0.2) is 40.9 Å². The van der Waals surface area contributed by atoms with Crippen molar-refractivity contribution in [1.82, 2.24) is 9.78 Å². The summed E-state index contributed by atoms with van der Waals surface area (Å²) >= 11 is 6.33. The number of hydrogen-bond acceptors (Lipinski definition) is 5. The Bertz CT molecular complexity index is 1190. The highest BCUT2D eigenvalue weighted by Gasteiger charge is 2.34. The first-order chi connectivity index (χ1) is 15.1. The van der Waals surface area contributed by atoms with Crippen molar-refractivity contribution in [2.24, 2.45) is 4.99 Å². The molecule has 3 aromatic rings. The molecule has 1 aromatic heterocycles. The number of nitrogens with one attached hydrogen (secondary N) is 1. The first-order valence-electron chi connectivity index (χ1n) is 10.2. The molecule has 2 bridgehead atoms. The zero-order valence-electron chi connectivity index (χ0n) is 16.4. The monoisotopic (exact) mass is 441 g/mol. The Balaban J connectivity index is 1.46. The van der Waals surface area contributed by atoms with Crippen molar-refractivity contribution in [1.29, 1.82) is 0 Å². The second-order valence-electron chi connectivity index (χ2n) is 7.97. The van der Waals surface area contributed by atoms with Gasteiger partial charge in [-0.25, -0.2) is 18.5 Å². The summed E-state index contributed by atoms with van der Waals surface area (Å²) in [7, 11) is 0. The van der Waals surface area contributed by atoms with Crippen LogP contribution in [0.25, 0.3) is 5.69 Å². The van der Waals surface area contributed by atoms with Crippen LogP contribution in [0, 0.1) is 11.6 Å². The molecule has 0 unspecified atom stereocenters. The van der Waals surface area contributed by atoms with E-state index in [-0.39, 0.29) is 23.6 Å². The van der Waals surface area contributed by atoms with Crippen molar-refractivity contribution >= 4 is 34.6 Å². The van der Waals surface area contributed by atoms with Crippen molar-refractivity contribution in [2.45, 2.75) is 25.0 Å². The number of anilines is 2. The van der Waals surface area contributed by atoms with Gasteiger partial charge in [-0.05, 0) is 43.2 Å². The van der Waals surface area contributed by atoms with Crippen LogP contribution < -0.4 is 10.2 Å². The number of ether oxygens (including phenoxy) is 1. The van der Waals surface area contributed by atoms with Gasteiger partial charge in [-0.3, -0.25) is 0 Å². The number of nitrogens with zero attached hydrogens (tertiary/aromatic N) is 4. The van der Waals surface area contributed by atoms with E-state index in [0.29, 0.717) is 22.2 Å². The standard InChI is InChI=1S/C22H18ClF2N5O/c23-15-9-26-30-19-8-12(29-10-13-5-6-14(11-29)31-13)4-7-18(19)27-21(28-22(15)30)20-16(24)2-1-3-17(20)25/h1-4,7-9,13-14H,5-6,10-11H2,(H,27,28)/t13-,14+. The highest BCUT2D eigenvalue weighted by Crippen LogP contribution is 2.38. The summed E-state index contributed by atoms with van der Waals surface area (Å²) < 4.78 is 36.5. The molecule has 2 saturated heterocycles. The molecule has 0 aliphatic carbocycles. The molecule has 2 fully saturated rings. The number of fused-ring (bicyclic) bond motifs is 5. The van der Waals surface area contributed by atoms with Gasteiger partial charge in [0.05, 0.1) is 35.3 Å². The number of rotatable bonds is 2. The third kappa shape index (κ3) is 3.09. The maximum Gasteiger partial charge on any atom is 0.176 e. The van der Waals surface area contributed by atoms with Gasteiger partial charge in [0.25, 0.3) is 0 Å². The second kappa shape index (κ2) is 7.03. The molecular weight excluding hydrogens is 424 g/mol. The van der Waals surface area contributed by atoms with Crippen LogP contribution in [0.4, 0.5) is 26.0 Å². The molecule has 6 rings (SSSR count). The fraction of sp³-hybridized carbons (Fsp3) is 0.273. The van der Waals surface area contributed by atoms with Crippen LogP contribution in [0.2, 0.25) is 5.02 Å². The van der Waals surface area contributed by atoms with Gasteiger partial charge >= 0.3 is 0 Å². The highest BCUT2D eigenvalue weighted by atomic mass is 35.5. The number of morpholine rings is 1. The zero-order valence-corrected chi connectivity index (χ0v) is 17.1. The van der Waals surface area contributed by atoms with Crippen LogP contribution in [0.5, 0.6) is 0 Å². The van der Waals surface area contributed by atoms with Crippen LogP contribution in [0.3, 0.4) is 0 Å². The predicted molar refractivity (Wildman–Crippen MR) is 115 cm³/mol. The topological polar surface area (TPSA) is 54.7 Å². The molecular formula is C22H18ClF2N5O. The lowest BCUT2D eigenvalue weighted by Gasteiger charge is -2.34. The Kier molecular flexibility index (Phi) is 4.26. The van der Waals surface area contributed by atoms with Gasteiger partial charge in [0, 0.05) is 18.8 Å². The van der Waals surface area contributed by atoms with E-state index in [0.717, 1.165) is 31.6 Å². The van der Waals surface area contributed by atoms with Crippen LogP contribution in [0.1, 0.15) is 18.4 Å². The van der Waals surface area contributed by atoms with Gasteiger partial charge < -0.3 is 15.0 Å². The lowest BCUT2D eigenvalue weighted by molar-refractivity contribution is 0.0305. The third-order valence-corrected chi connectivity index (χ3v) is 6.26. The van der Waals surface area contributed by atoms with E-state index in [1.165, 1.54) is 24.4 Å². The quantitative estimate of drug-likeness (QED) is 0.627. The van der Waals surface area contributed by atoms with Gasteiger partial charge in [0.2, 0.25) is 0 Å². The molecule has 158 valence electrons. The average molecular weight is 442 g/mol. The Labute approximate surface area is 182 Å². The molecule has 31 heavy (non-hydrogen) atoms. The van der Waals surface area contributed by atoms with Gasteiger partial charge in [0.1, 0.15) is 22.5 Å². The van der Waals surface area contributed by atoms with Crippen molar-refractivity contribution in [3.05, 3.63) is 64.8 Å². The molecule has 3 aliphatic heterocycles. The number of amidine groups is 1. The number of benzene rings is 2. The van der Waals surface area contributed by atoms with Gasteiger partial charge in [-0.2, -0.15) is 5.10 Å². The van der Waals surface area contributed by atoms with Crippen molar-refractivity contribution in [3.63, 3.8) is 0 Å². The first kappa shape index (κ1) is 18.8. The molecule has 6 nitrogen and oxygen atoms in total. The maximum absolute atomic E-state index is 14.5. The van der Waals surface area contributed by atoms with Crippen LogP contribution in [-0.2, 0) is 4.74 Å². The lowest BCUT2D eigenvalue weighted by atomic mass is 10.1. The molecule has 0 spiro atoms. The molecule has 0 saturated carbocycles. The van der Waals surface area contributed by atoms with Gasteiger partial charge in [-0.1, -0.05) is 17.7 Å². The van der Waals surface area contributed by atoms with E-state index < -0.39 is 11.6 Å². The molecule has 3 aliphatic rings. The molecule has 2 atom stereocenters. The summed E-state index contributed by atoms with van der Waals surface area (Å²) in [6, 6.07) is 9.57. The summed E-state index contributed by atoms with van der Waals surface area (Å²) in [5.41, 5.74) is 2.11. The fourth-order valence-electron chi connectivity index (χ4n) is 4.53. The minimum atomic E-state index is -0.711. The second-order valence-corrected chi connectivity index (χ2v) is 8.38. The van der Waals surface area contributed by atoms with E-state index in [1.807, 2.05) is 18.2 Å². The highest BCUT2D eigenvalue weighted by molar-refractivity contribution is 6.33. The SMILES string of the molecule is Fc1cccc(F)c1C1=Nc2c(Cl)cnn2-c2cc(N3C[C@H]4CC[C@@H](C3)O4)ccc2N1. The Hall–Kier alpha value is -2.97. The molecule has 1 N–H and O–H groups in total. The van der Waals surface area contributed by atoms with E-state index >= 15 is 0 Å². The Morgan fingerprint density at radius 3 is 2.55 bits per heavy atom. The van der Waals surface area contributed by atoms with E-state index in [2.05, 4.69) is 20.3 Å². The number of aliphatic imine (C=N–C) groups is 1. The lowest BCUT2D eigenvalue weighted by Crippen LogP contribution is -2.42. The zero-order chi connectivity index (χ0) is 21.1. The minimum Gasteiger partial charge on any atom is -0.371 e. The Morgan fingerprint density at radius 2 is 1.81 bits per heavy atom. The summed E-state index contributed by atoms with van der Waals surface area (Å²) in [6.07, 6.45) is 4.15. The maximum atomic E-state index is 14.5. The molecule has 4 heterocycles. The van der Waals surface area contributed by atoms with Crippen LogP contribution >= 0.6 is 11.6 Å². The molecule has 0 radical (unpaired) electrons. The summed E-state index contributed by atoms with van der Waals surface area (Å²) in [6.45, 7) is 1.66. The largest absolute Gasteiger partial charge is 0.371 e. The predicted octanol–water partition coefficient (Wildman–Crippen LogP) is 4.68. The number of hydrogen-bond donors (Lipinski definition) is 1. The van der Waals surface area contributed by atoms with E-state index in [4.69, 9.17) is 16.3 Å². The smallest absolute Gasteiger partial charge is 0.176 e. The molecule has 9 heteroatoms. The fourth-order valence-corrected chi connectivity index (χ4v) is 4.69. The van der Waals surface area contributed by atoms with Crippen molar-refractivity contribution in [3.8, 4) is 5.69 Å². The summed E-state index contributed by atoms with van der Waals surface area (Å²) in [5, 5.41) is 7.74. The summed E-state index contributed by atoms with van der Waals surface area (Å²) in [5.74, 6) is -1.07. The van der Waals surface area contributed by atoms with E-state index in [1.54, 1.807) is 4.68 Å².